The Hall–Kier alpha value is -3.22. The first-order valence-electron chi connectivity index (χ1n) is 9.90. The lowest BCUT2D eigenvalue weighted by atomic mass is 10.1. The lowest BCUT2D eigenvalue weighted by Crippen LogP contribution is -2.25. The molecule has 7 nitrogen and oxygen atoms in total. The van der Waals surface area contributed by atoms with Gasteiger partial charge in [0, 0.05) is 18.7 Å². The quantitative estimate of drug-likeness (QED) is 0.735. The van der Waals surface area contributed by atoms with Gasteiger partial charge in [-0.1, -0.05) is 6.07 Å². The summed E-state index contributed by atoms with van der Waals surface area (Å²) in [6.45, 7) is 4.44. The summed E-state index contributed by atoms with van der Waals surface area (Å²) in [7, 11) is 0. The number of fused-ring (bicyclic) bond motifs is 1. The van der Waals surface area contributed by atoms with Gasteiger partial charge in [0.25, 0.3) is 5.91 Å². The molecule has 2 N–H and O–H groups in total. The molecule has 1 amide bonds. The largest absolute Gasteiger partial charge is 0.506 e. The molecule has 29 heavy (non-hydrogen) atoms. The summed E-state index contributed by atoms with van der Waals surface area (Å²) in [5.74, 6) is 1.45. The highest BCUT2D eigenvalue weighted by Gasteiger charge is 2.18. The first-order chi connectivity index (χ1) is 14.1. The van der Waals surface area contributed by atoms with Crippen LogP contribution in [0.5, 0.6) is 17.2 Å². The predicted molar refractivity (Wildman–Crippen MR) is 111 cm³/mol. The van der Waals surface area contributed by atoms with Gasteiger partial charge in [-0.15, -0.1) is 0 Å². The molecule has 4 rings (SSSR count). The van der Waals surface area contributed by atoms with Crippen LogP contribution in [0.4, 0.5) is 5.69 Å². The number of aromatic hydroxyl groups is 1. The number of carbonyl (C=O) groups excluding carboxylic acids is 1. The van der Waals surface area contributed by atoms with Gasteiger partial charge in [0.1, 0.15) is 19.0 Å². The van der Waals surface area contributed by atoms with E-state index in [1.54, 1.807) is 18.5 Å². The second kappa shape index (κ2) is 8.43. The molecule has 0 bridgehead atoms. The van der Waals surface area contributed by atoms with Crippen molar-refractivity contribution in [3.8, 4) is 17.2 Å². The minimum absolute atomic E-state index is 0.0782. The van der Waals surface area contributed by atoms with E-state index < -0.39 is 0 Å². The molecule has 1 unspecified atom stereocenters. The van der Waals surface area contributed by atoms with Crippen molar-refractivity contribution in [2.45, 2.75) is 25.8 Å². The van der Waals surface area contributed by atoms with Gasteiger partial charge in [-0.2, -0.15) is 0 Å². The third kappa shape index (κ3) is 4.45. The Morgan fingerprint density at radius 1 is 1.21 bits per heavy atom. The number of phenols is 1. The van der Waals surface area contributed by atoms with E-state index >= 15 is 0 Å². The molecule has 2 heterocycles. The van der Waals surface area contributed by atoms with Crippen LogP contribution in [0.1, 0.15) is 29.3 Å². The molecule has 1 atom stereocenters. The third-order valence-electron chi connectivity index (χ3n) is 5.00. The summed E-state index contributed by atoms with van der Waals surface area (Å²) in [4.78, 5) is 18.6. The van der Waals surface area contributed by atoms with Crippen LogP contribution in [-0.2, 0) is 6.42 Å². The Morgan fingerprint density at radius 3 is 2.79 bits per heavy atom. The van der Waals surface area contributed by atoms with Crippen molar-refractivity contribution >= 4 is 17.9 Å². The Labute approximate surface area is 170 Å². The van der Waals surface area contributed by atoms with Crippen LogP contribution in [0.2, 0.25) is 0 Å². The standard InChI is InChI=1S/C22H25N3O4/c1-15-13-25(14-24-15)18-6-5-17(12-19(18)26)22(27)23-8-2-3-16-4-7-20-21(11-16)29-10-9-28-20/h4-7,11-12,14-15,26H,2-3,8-10,13H2,1H3,(H,23,27). The van der Waals surface area contributed by atoms with Crippen LogP contribution in [0.25, 0.3) is 0 Å². The van der Waals surface area contributed by atoms with Crippen LogP contribution in [-0.4, -0.2) is 49.7 Å². The van der Waals surface area contributed by atoms with E-state index in [1.807, 2.05) is 30.0 Å². The molecule has 2 aromatic carbocycles. The van der Waals surface area contributed by atoms with Gasteiger partial charge in [0.15, 0.2) is 11.5 Å². The monoisotopic (exact) mass is 395 g/mol. The number of nitrogens with one attached hydrogen (secondary N) is 1. The fraction of sp³-hybridized carbons (Fsp3) is 0.364. The maximum absolute atomic E-state index is 12.4. The highest BCUT2D eigenvalue weighted by atomic mass is 16.6. The number of benzene rings is 2. The number of anilines is 1. The van der Waals surface area contributed by atoms with Gasteiger partial charge in [-0.05, 0) is 55.7 Å². The molecule has 2 aliphatic rings. The van der Waals surface area contributed by atoms with Crippen LogP contribution < -0.4 is 19.7 Å². The number of aliphatic imine (C=N–C) groups is 1. The zero-order chi connectivity index (χ0) is 20.2. The Bertz CT molecular complexity index is 928. The van der Waals surface area contributed by atoms with E-state index in [0.717, 1.165) is 36.4 Å². The number of carbonyl (C=O) groups is 1. The summed E-state index contributed by atoms with van der Waals surface area (Å²) >= 11 is 0. The molecule has 0 saturated carbocycles. The topological polar surface area (TPSA) is 83.4 Å². The number of hydrogen-bond acceptors (Lipinski definition) is 6. The van der Waals surface area contributed by atoms with E-state index in [-0.39, 0.29) is 17.7 Å². The zero-order valence-corrected chi connectivity index (χ0v) is 16.4. The fourth-order valence-corrected chi connectivity index (χ4v) is 3.48. The van der Waals surface area contributed by atoms with Crippen LogP contribution >= 0.6 is 0 Å². The minimum atomic E-state index is -0.197. The average Bonchev–Trinajstić information content (AvgIpc) is 3.16. The molecule has 0 spiro atoms. The summed E-state index contributed by atoms with van der Waals surface area (Å²) in [6.07, 6.45) is 3.35. The van der Waals surface area contributed by atoms with Crippen molar-refractivity contribution in [3.63, 3.8) is 0 Å². The van der Waals surface area contributed by atoms with Crippen molar-refractivity contribution in [2.75, 3.05) is 31.2 Å². The molecule has 0 fully saturated rings. The van der Waals surface area contributed by atoms with Gasteiger partial charge in [-0.25, -0.2) is 0 Å². The maximum atomic E-state index is 12.4. The normalized spacial score (nSPS) is 17.4. The number of amides is 1. The number of phenolic OH excluding ortho intramolecular Hbond substituents is 1. The average molecular weight is 395 g/mol. The number of hydrogen-bond donors (Lipinski definition) is 2. The number of rotatable bonds is 6. The molecule has 0 aromatic heterocycles. The van der Waals surface area contributed by atoms with E-state index in [0.29, 0.717) is 31.0 Å². The van der Waals surface area contributed by atoms with Crippen LogP contribution in [0.3, 0.4) is 0 Å². The van der Waals surface area contributed by atoms with E-state index in [4.69, 9.17) is 9.47 Å². The molecule has 0 radical (unpaired) electrons. The van der Waals surface area contributed by atoms with Crippen molar-refractivity contribution < 1.29 is 19.4 Å². The van der Waals surface area contributed by atoms with Crippen LogP contribution in [0, 0.1) is 0 Å². The molecule has 152 valence electrons. The van der Waals surface area contributed by atoms with E-state index in [1.165, 1.54) is 6.07 Å². The van der Waals surface area contributed by atoms with Crippen molar-refractivity contribution in [2.24, 2.45) is 4.99 Å². The summed E-state index contributed by atoms with van der Waals surface area (Å²) in [6, 6.07) is 11.1. The molecule has 7 heteroatoms. The molecular weight excluding hydrogens is 370 g/mol. The smallest absolute Gasteiger partial charge is 0.251 e. The van der Waals surface area contributed by atoms with Crippen molar-refractivity contribution in [1.82, 2.24) is 5.32 Å². The second-order valence-corrected chi connectivity index (χ2v) is 7.31. The Kier molecular flexibility index (Phi) is 5.55. The number of nitrogens with zero attached hydrogens (tertiary/aromatic N) is 2. The first-order valence-corrected chi connectivity index (χ1v) is 9.90. The van der Waals surface area contributed by atoms with E-state index in [2.05, 4.69) is 10.3 Å². The van der Waals surface area contributed by atoms with Gasteiger partial charge in [0.05, 0.1) is 18.1 Å². The highest BCUT2D eigenvalue weighted by molar-refractivity contribution is 5.96. The predicted octanol–water partition coefficient (Wildman–Crippen LogP) is 2.76. The van der Waals surface area contributed by atoms with Gasteiger partial charge >= 0.3 is 0 Å². The molecule has 2 aliphatic heterocycles. The molecular formula is C22H25N3O4. The van der Waals surface area contributed by atoms with Gasteiger partial charge in [-0.3, -0.25) is 9.79 Å². The van der Waals surface area contributed by atoms with Crippen LogP contribution in [0.15, 0.2) is 41.4 Å². The summed E-state index contributed by atoms with van der Waals surface area (Å²) in [5.41, 5.74) is 2.25. The molecule has 0 saturated heterocycles. The van der Waals surface area contributed by atoms with E-state index in [9.17, 15) is 9.90 Å². The number of ether oxygens (including phenoxy) is 2. The van der Waals surface area contributed by atoms with Crippen molar-refractivity contribution in [1.29, 1.82) is 0 Å². The lowest BCUT2D eigenvalue weighted by Gasteiger charge is -2.19. The zero-order valence-electron chi connectivity index (χ0n) is 16.4. The van der Waals surface area contributed by atoms with Gasteiger partial charge < -0.3 is 24.8 Å². The second-order valence-electron chi connectivity index (χ2n) is 7.31. The third-order valence-corrected chi connectivity index (χ3v) is 5.00. The Morgan fingerprint density at radius 2 is 2.03 bits per heavy atom. The summed E-state index contributed by atoms with van der Waals surface area (Å²) in [5, 5.41) is 13.2. The first kappa shape index (κ1) is 19.1. The molecule has 0 aliphatic carbocycles. The minimum Gasteiger partial charge on any atom is -0.506 e. The fourth-order valence-electron chi connectivity index (χ4n) is 3.48. The van der Waals surface area contributed by atoms with Gasteiger partial charge in [0.2, 0.25) is 0 Å². The Balaban J connectivity index is 1.27. The summed E-state index contributed by atoms with van der Waals surface area (Å²) < 4.78 is 11.1. The maximum Gasteiger partial charge on any atom is 0.251 e. The highest BCUT2D eigenvalue weighted by Crippen LogP contribution is 2.31. The number of aryl methyl sites for hydroxylation is 1. The SMILES string of the molecule is CC1CN(c2ccc(C(=O)NCCCc3ccc4c(c3)OCCO4)cc2O)C=N1. The van der Waals surface area contributed by atoms with Crippen molar-refractivity contribution in [3.05, 3.63) is 47.5 Å². The lowest BCUT2D eigenvalue weighted by molar-refractivity contribution is 0.0953. The molecule has 2 aromatic rings.